The second-order valence-corrected chi connectivity index (χ2v) is 9.85. The van der Waals surface area contributed by atoms with Gasteiger partial charge in [-0.2, -0.15) is 0 Å². The fourth-order valence-electron chi connectivity index (χ4n) is 4.46. The second-order valence-electron chi connectivity index (χ2n) is 8.94. The molecule has 0 aromatic heterocycles. The Morgan fingerprint density at radius 2 is 1.36 bits per heavy atom. The van der Waals surface area contributed by atoms with Gasteiger partial charge in [0.05, 0.1) is 0 Å². The third-order valence-electron chi connectivity index (χ3n) is 6.31. The number of carboxylic acid groups (broad SMARTS) is 2. The Morgan fingerprint density at radius 1 is 0.806 bits per heavy atom. The molecule has 1 heterocycles. The number of hydrogen-bond donors (Lipinski definition) is 2. The molecule has 2 N–H and O–H groups in total. The lowest BCUT2D eigenvalue weighted by molar-refractivity contribution is -0.159. The molecule has 0 bridgehead atoms. The van der Waals surface area contributed by atoms with Crippen LogP contribution in [0.25, 0.3) is 0 Å². The van der Waals surface area contributed by atoms with Crippen molar-refractivity contribution in [3.63, 3.8) is 0 Å². The van der Waals surface area contributed by atoms with Crippen LogP contribution in [0.15, 0.2) is 89.4 Å². The highest BCUT2D eigenvalue weighted by atomic mass is 79.9. The number of rotatable bonds is 8. The fourth-order valence-corrected chi connectivity index (χ4v) is 4.91. The smallest absolute Gasteiger partial charge is 0.414 e. The lowest BCUT2D eigenvalue weighted by atomic mass is 10.0. The molecular weight excluding hydrogens is 520 g/mol. The molecule has 6 nitrogen and oxygen atoms in total. The summed E-state index contributed by atoms with van der Waals surface area (Å²) in [5.41, 5.74) is 4.25. The maximum Gasteiger partial charge on any atom is 0.414 e. The molecule has 4 rings (SSSR count). The molecule has 0 unspecified atom stereocenters. The molecule has 0 radical (unpaired) electrons. The average Bonchev–Trinajstić information content (AvgIpc) is 2.89. The van der Waals surface area contributed by atoms with Crippen LogP contribution in [0.3, 0.4) is 0 Å². The normalized spacial score (nSPS) is 14.2. The standard InChI is InChI=1S/C27H31BrN2.C2H2O4/c28-26-13-7-12-25(20-26)21-29-17-15-27(16-18-29)30(22-24-10-5-2-6-11-24)19-14-23-8-3-1-4-9-23;3-1(4)2(5)6/h1-13,20,27H,14-19,21-22H2;(H,3,4)(H,5,6). The second kappa shape index (κ2) is 14.5. The number of carbonyl (C=O) groups is 2. The van der Waals surface area contributed by atoms with E-state index in [0.717, 1.165) is 26.1 Å². The first-order valence-corrected chi connectivity index (χ1v) is 12.9. The lowest BCUT2D eigenvalue weighted by Gasteiger charge is -2.39. The average molecular weight is 553 g/mol. The number of piperidine rings is 1. The van der Waals surface area contributed by atoms with Gasteiger partial charge in [-0.15, -0.1) is 0 Å². The van der Waals surface area contributed by atoms with Crippen LogP contribution >= 0.6 is 15.9 Å². The Hall–Kier alpha value is -3.00. The van der Waals surface area contributed by atoms with Gasteiger partial charge in [0.1, 0.15) is 0 Å². The summed E-state index contributed by atoms with van der Waals surface area (Å²) in [6.07, 6.45) is 3.61. The third-order valence-corrected chi connectivity index (χ3v) is 6.80. The molecule has 1 aliphatic heterocycles. The number of benzene rings is 3. The zero-order chi connectivity index (χ0) is 25.8. The number of hydrogen-bond acceptors (Lipinski definition) is 4. The monoisotopic (exact) mass is 552 g/mol. The first-order chi connectivity index (χ1) is 17.4. The van der Waals surface area contributed by atoms with Crippen molar-refractivity contribution in [2.45, 2.75) is 38.4 Å². The highest BCUT2D eigenvalue weighted by Gasteiger charge is 2.24. The van der Waals surface area contributed by atoms with Crippen molar-refractivity contribution >= 4 is 27.9 Å². The van der Waals surface area contributed by atoms with E-state index < -0.39 is 11.9 Å². The van der Waals surface area contributed by atoms with Gasteiger partial charge in [0.25, 0.3) is 0 Å². The minimum atomic E-state index is -1.82. The van der Waals surface area contributed by atoms with E-state index in [-0.39, 0.29) is 0 Å². The Bertz CT molecular complexity index is 1070. The van der Waals surface area contributed by atoms with Crippen LogP contribution in [0.2, 0.25) is 0 Å². The van der Waals surface area contributed by atoms with Gasteiger partial charge in [-0.25, -0.2) is 9.59 Å². The number of carboxylic acids is 2. The van der Waals surface area contributed by atoms with Gasteiger partial charge in [-0.05, 0) is 61.2 Å². The summed E-state index contributed by atoms with van der Waals surface area (Å²) in [5.74, 6) is -3.65. The van der Waals surface area contributed by atoms with E-state index in [1.54, 1.807) is 0 Å². The molecule has 0 aliphatic carbocycles. The van der Waals surface area contributed by atoms with Gasteiger partial charge in [-0.3, -0.25) is 9.80 Å². The van der Waals surface area contributed by atoms with Crippen LogP contribution in [-0.2, 0) is 29.1 Å². The minimum absolute atomic E-state index is 0.660. The molecular formula is C29H33BrN2O4. The van der Waals surface area contributed by atoms with E-state index in [1.165, 1.54) is 47.1 Å². The van der Waals surface area contributed by atoms with Crippen molar-refractivity contribution in [1.29, 1.82) is 0 Å². The van der Waals surface area contributed by atoms with Gasteiger partial charge in [0.15, 0.2) is 0 Å². The molecule has 7 heteroatoms. The minimum Gasteiger partial charge on any atom is -0.473 e. The van der Waals surface area contributed by atoms with Crippen molar-refractivity contribution in [3.8, 4) is 0 Å². The molecule has 0 spiro atoms. The molecule has 3 aromatic carbocycles. The Morgan fingerprint density at radius 3 is 1.92 bits per heavy atom. The Labute approximate surface area is 221 Å². The number of likely N-dealkylation sites (tertiary alicyclic amines) is 1. The van der Waals surface area contributed by atoms with E-state index in [4.69, 9.17) is 19.8 Å². The molecule has 0 amide bonds. The predicted octanol–water partition coefficient (Wildman–Crippen LogP) is 5.31. The summed E-state index contributed by atoms with van der Waals surface area (Å²) in [6.45, 7) is 5.57. The number of aliphatic carboxylic acids is 2. The summed E-state index contributed by atoms with van der Waals surface area (Å²) in [5, 5.41) is 14.8. The van der Waals surface area contributed by atoms with Crippen molar-refractivity contribution in [1.82, 2.24) is 9.80 Å². The maximum atomic E-state index is 9.10. The van der Waals surface area contributed by atoms with Crippen LogP contribution < -0.4 is 0 Å². The SMILES string of the molecule is Brc1cccc(CN2CCC(N(CCc3ccccc3)Cc3ccccc3)CC2)c1.O=C(O)C(=O)O. The van der Waals surface area contributed by atoms with Gasteiger partial charge < -0.3 is 10.2 Å². The molecule has 0 saturated carbocycles. The molecule has 1 fully saturated rings. The topological polar surface area (TPSA) is 81.1 Å². The Balaban J connectivity index is 0.000000538. The third kappa shape index (κ3) is 9.57. The van der Waals surface area contributed by atoms with E-state index in [9.17, 15) is 0 Å². The van der Waals surface area contributed by atoms with E-state index in [2.05, 4.69) is 111 Å². The van der Waals surface area contributed by atoms with E-state index in [1.807, 2.05) is 0 Å². The van der Waals surface area contributed by atoms with Crippen LogP contribution in [-0.4, -0.2) is 57.6 Å². The van der Waals surface area contributed by atoms with E-state index in [0.29, 0.717) is 6.04 Å². The molecule has 1 aliphatic rings. The zero-order valence-corrected chi connectivity index (χ0v) is 21.9. The van der Waals surface area contributed by atoms with Crippen molar-refractivity contribution in [2.75, 3.05) is 19.6 Å². The molecule has 0 atom stereocenters. The lowest BCUT2D eigenvalue weighted by Crippen LogP contribution is -2.45. The van der Waals surface area contributed by atoms with Gasteiger partial charge in [0.2, 0.25) is 0 Å². The summed E-state index contributed by atoms with van der Waals surface area (Å²) in [6, 6.07) is 31.2. The van der Waals surface area contributed by atoms with Crippen molar-refractivity contribution in [3.05, 3.63) is 106 Å². The Kier molecular flexibility index (Phi) is 11.1. The van der Waals surface area contributed by atoms with Gasteiger partial charge >= 0.3 is 11.9 Å². The van der Waals surface area contributed by atoms with Crippen LogP contribution in [0.4, 0.5) is 0 Å². The van der Waals surface area contributed by atoms with Crippen LogP contribution in [0.1, 0.15) is 29.5 Å². The first kappa shape index (κ1) is 27.6. The summed E-state index contributed by atoms with van der Waals surface area (Å²) < 4.78 is 1.17. The molecule has 1 saturated heterocycles. The molecule has 36 heavy (non-hydrogen) atoms. The first-order valence-electron chi connectivity index (χ1n) is 12.2. The summed E-state index contributed by atoms with van der Waals surface area (Å²) in [7, 11) is 0. The quantitative estimate of drug-likeness (QED) is 0.368. The highest BCUT2D eigenvalue weighted by Crippen LogP contribution is 2.22. The van der Waals surface area contributed by atoms with Gasteiger partial charge in [-0.1, -0.05) is 88.7 Å². The molecule has 3 aromatic rings. The number of nitrogens with zero attached hydrogens (tertiary/aromatic N) is 2. The maximum absolute atomic E-state index is 9.10. The van der Waals surface area contributed by atoms with Crippen molar-refractivity contribution in [2.24, 2.45) is 0 Å². The number of halogens is 1. The predicted molar refractivity (Wildman–Crippen MR) is 145 cm³/mol. The summed E-state index contributed by atoms with van der Waals surface area (Å²) >= 11 is 3.60. The van der Waals surface area contributed by atoms with Crippen LogP contribution in [0.5, 0.6) is 0 Å². The summed E-state index contributed by atoms with van der Waals surface area (Å²) in [4.78, 5) is 23.5. The molecule has 190 valence electrons. The fraction of sp³-hybridized carbons (Fsp3) is 0.310. The van der Waals surface area contributed by atoms with E-state index >= 15 is 0 Å². The largest absolute Gasteiger partial charge is 0.473 e. The zero-order valence-electron chi connectivity index (χ0n) is 20.3. The highest BCUT2D eigenvalue weighted by molar-refractivity contribution is 9.10. The van der Waals surface area contributed by atoms with Gasteiger partial charge in [0, 0.05) is 30.1 Å². The van der Waals surface area contributed by atoms with Crippen molar-refractivity contribution < 1.29 is 19.8 Å². The van der Waals surface area contributed by atoms with Crippen LogP contribution in [0, 0.1) is 0 Å².